The van der Waals surface area contributed by atoms with E-state index in [0.717, 1.165) is 38.0 Å². The maximum Gasteiger partial charge on any atom is 0.306 e. The van der Waals surface area contributed by atoms with Crippen molar-refractivity contribution in [2.24, 2.45) is 5.92 Å². The first-order chi connectivity index (χ1) is 15.1. The number of carbonyl (C=O) groups is 2. The lowest BCUT2D eigenvalue weighted by atomic mass is 9.96. The molecule has 3 nitrogen and oxygen atoms in total. The molecular formula is C28H52O3. The Hall–Kier alpha value is -1.12. The van der Waals surface area contributed by atoms with E-state index in [0.29, 0.717) is 18.8 Å². The molecule has 31 heavy (non-hydrogen) atoms. The Bertz CT molecular complexity index is 442. The van der Waals surface area contributed by atoms with Gasteiger partial charge in [0.2, 0.25) is 0 Å². The molecule has 0 radical (unpaired) electrons. The Morgan fingerprint density at radius 3 is 1.87 bits per heavy atom. The van der Waals surface area contributed by atoms with Crippen LogP contribution < -0.4 is 0 Å². The highest BCUT2D eigenvalue weighted by Gasteiger charge is 2.04. The highest BCUT2D eigenvalue weighted by atomic mass is 16.5. The highest BCUT2D eigenvalue weighted by Crippen LogP contribution is 2.18. The summed E-state index contributed by atoms with van der Waals surface area (Å²) in [5.74, 6) is 1.10. The first-order valence-electron chi connectivity index (χ1n) is 13.4. The number of esters is 1. The number of ether oxygens (including phenoxy) is 1. The molecule has 0 saturated heterocycles. The van der Waals surface area contributed by atoms with Crippen LogP contribution >= 0.6 is 0 Å². The first kappa shape index (κ1) is 29.9. The summed E-state index contributed by atoms with van der Waals surface area (Å²) in [5.41, 5.74) is 0. The van der Waals surface area contributed by atoms with Crippen LogP contribution in [0.3, 0.4) is 0 Å². The Balaban J connectivity index is 3.34. The second-order valence-electron chi connectivity index (χ2n) is 9.42. The number of ketones is 1. The summed E-state index contributed by atoms with van der Waals surface area (Å²) in [7, 11) is 0. The van der Waals surface area contributed by atoms with Gasteiger partial charge in [0.15, 0.2) is 0 Å². The predicted molar refractivity (Wildman–Crippen MR) is 133 cm³/mol. The maximum atomic E-state index is 11.7. The summed E-state index contributed by atoms with van der Waals surface area (Å²) >= 11 is 0. The van der Waals surface area contributed by atoms with Crippen molar-refractivity contribution in [3.05, 3.63) is 12.2 Å². The van der Waals surface area contributed by atoms with Crippen molar-refractivity contribution in [3.8, 4) is 0 Å². The van der Waals surface area contributed by atoms with Gasteiger partial charge in [0.25, 0.3) is 0 Å². The average molecular weight is 437 g/mol. The van der Waals surface area contributed by atoms with Crippen LogP contribution in [0.4, 0.5) is 0 Å². The fourth-order valence-electron chi connectivity index (χ4n) is 3.92. The second-order valence-corrected chi connectivity index (χ2v) is 9.42. The normalized spacial score (nSPS) is 12.4. The van der Waals surface area contributed by atoms with Crippen LogP contribution in [0.5, 0.6) is 0 Å². The van der Waals surface area contributed by atoms with E-state index in [-0.39, 0.29) is 5.97 Å². The molecule has 0 aliphatic rings. The Labute approximate surface area is 193 Å². The van der Waals surface area contributed by atoms with Gasteiger partial charge in [-0.25, -0.2) is 0 Å². The molecule has 0 aliphatic carbocycles. The minimum absolute atomic E-state index is 0.0504. The molecule has 1 atom stereocenters. The molecule has 0 aliphatic heterocycles. The molecule has 0 heterocycles. The van der Waals surface area contributed by atoms with E-state index in [1.54, 1.807) is 6.92 Å². The number of allylic oxidation sites excluding steroid dienone is 1. The van der Waals surface area contributed by atoms with Crippen molar-refractivity contribution in [1.29, 1.82) is 0 Å². The fourth-order valence-corrected chi connectivity index (χ4v) is 3.92. The Kier molecular flexibility index (Phi) is 22.7. The number of hydrogen-bond donors (Lipinski definition) is 0. The van der Waals surface area contributed by atoms with Gasteiger partial charge in [-0.05, 0) is 38.5 Å². The van der Waals surface area contributed by atoms with E-state index in [1.807, 2.05) is 6.08 Å². The number of rotatable bonds is 23. The lowest BCUT2D eigenvalue weighted by molar-refractivity contribution is -0.142. The standard InChI is InChI=1S/C28H52O3/c1-4-5-6-7-8-15-20-25-31-28(30)24-19-14-10-12-17-22-26(2)21-16-11-9-13-18-23-27(3)29/h15,20,26H,4-14,16-19,21-25H2,1-3H3/b20-15-. The third kappa shape index (κ3) is 25.0. The van der Waals surface area contributed by atoms with Crippen molar-refractivity contribution >= 4 is 11.8 Å². The van der Waals surface area contributed by atoms with Gasteiger partial charge >= 0.3 is 5.97 Å². The summed E-state index contributed by atoms with van der Waals surface area (Å²) in [6.07, 6.45) is 26.4. The first-order valence-corrected chi connectivity index (χ1v) is 13.4. The second kappa shape index (κ2) is 23.5. The molecule has 0 bridgehead atoms. The topological polar surface area (TPSA) is 43.4 Å². The Morgan fingerprint density at radius 2 is 1.26 bits per heavy atom. The van der Waals surface area contributed by atoms with Gasteiger partial charge in [0.05, 0.1) is 0 Å². The van der Waals surface area contributed by atoms with Gasteiger partial charge in [-0.15, -0.1) is 0 Å². The van der Waals surface area contributed by atoms with E-state index in [2.05, 4.69) is 19.9 Å². The number of carbonyl (C=O) groups excluding carboxylic acids is 2. The monoisotopic (exact) mass is 436 g/mol. The van der Waals surface area contributed by atoms with Crippen LogP contribution in [-0.2, 0) is 14.3 Å². The summed E-state index contributed by atoms with van der Waals surface area (Å²) in [5, 5.41) is 0. The zero-order valence-corrected chi connectivity index (χ0v) is 21.1. The van der Waals surface area contributed by atoms with E-state index in [4.69, 9.17) is 4.74 Å². The van der Waals surface area contributed by atoms with Crippen molar-refractivity contribution in [2.45, 2.75) is 143 Å². The van der Waals surface area contributed by atoms with Crippen LogP contribution in [-0.4, -0.2) is 18.4 Å². The molecular weight excluding hydrogens is 384 g/mol. The molecule has 0 saturated carbocycles. The van der Waals surface area contributed by atoms with E-state index in [1.165, 1.54) is 83.5 Å². The van der Waals surface area contributed by atoms with E-state index >= 15 is 0 Å². The summed E-state index contributed by atoms with van der Waals surface area (Å²) in [6, 6.07) is 0. The molecule has 182 valence electrons. The van der Waals surface area contributed by atoms with Gasteiger partial charge in [-0.3, -0.25) is 4.79 Å². The van der Waals surface area contributed by atoms with Crippen molar-refractivity contribution in [3.63, 3.8) is 0 Å². The molecule has 0 aromatic rings. The minimum Gasteiger partial charge on any atom is -0.461 e. The van der Waals surface area contributed by atoms with Crippen molar-refractivity contribution in [1.82, 2.24) is 0 Å². The van der Waals surface area contributed by atoms with Gasteiger partial charge in [0.1, 0.15) is 12.4 Å². The van der Waals surface area contributed by atoms with Crippen LogP contribution in [0.15, 0.2) is 12.2 Å². The van der Waals surface area contributed by atoms with Gasteiger partial charge in [0, 0.05) is 12.8 Å². The maximum absolute atomic E-state index is 11.7. The van der Waals surface area contributed by atoms with Crippen molar-refractivity contribution < 1.29 is 14.3 Å². The molecule has 0 spiro atoms. The number of Topliss-reactive ketones (excluding diaryl/α,β-unsaturated/α-hetero) is 1. The Morgan fingerprint density at radius 1 is 0.710 bits per heavy atom. The number of unbranched alkanes of at least 4 members (excludes halogenated alkanes) is 12. The molecule has 0 aromatic heterocycles. The zero-order valence-electron chi connectivity index (χ0n) is 21.1. The highest BCUT2D eigenvalue weighted by molar-refractivity contribution is 5.75. The quantitative estimate of drug-likeness (QED) is 0.0913. The minimum atomic E-state index is -0.0504. The van der Waals surface area contributed by atoms with Crippen molar-refractivity contribution in [2.75, 3.05) is 6.61 Å². The van der Waals surface area contributed by atoms with Crippen LogP contribution in [0, 0.1) is 5.92 Å². The molecule has 1 unspecified atom stereocenters. The zero-order chi connectivity index (χ0) is 23.0. The summed E-state index contributed by atoms with van der Waals surface area (Å²) in [4.78, 5) is 22.6. The molecule has 3 heteroatoms. The molecule has 0 N–H and O–H groups in total. The third-order valence-electron chi connectivity index (χ3n) is 6.04. The summed E-state index contributed by atoms with van der Waals surface area (Å²) < 4.78 is 5.27. The SMILES string of the molecule is CCCCCC/C=C\COC(=O)CCCCCCCC(C)CCCCCCCC(C)=O. The molecule has 0 aromatic carbocycles. The largest absolute Gasteiger partial charge is 0.461 e. The summed E-state index contributed by atoms with van der Waals surface area (Å²) in [6.45, 7) is 6.72. The third-order valence-corrected chi connectivity index (χ3v) is 6.04. The van der Waals surface area contributed by atoms with E-state index < -0.39 is 0 Å². The predicted octanol–water partition coefficient (Wildman–Crippen LogP) is 8.74. The molecule has 0 amide bonds. The molecule has 0 fully saturated rings. The van der Waals surface area contributed by atoms with Gasteiger partial charge < -0.3 is 9.53 Å². The number of hydrogen-bond acceptors (Lipinski definition) is 3. The molecule has 0 rings (SSSR count). The van der Waals surface area contributed by atoms with Gasteiger partial charge in [-0.2, -0.15) is 0 Å². The van der Waals surface area contributed by atoms with Gasteiger partial charge in [-0.1, -0.05) is 109 Å². The lowest BCUT2D eigenvalue weighted by Crippen LogP contribution is -2.04. The average Bonchev–Trinajstić information content (AvgIpc) is 2.74. The lowest BCUT2D eigenvalue weighted by Gasteiger charge is -2.11. The van der Waals surface area contributed by atoms with Crippen LogP contribution in [0.25, 0.3) is 0 Å². The smallest absolute Gasteiger partial charge is 0.306 e. The van der Waals surface area contributed by atoms with E-state index in [9.17, 15) is 9.59 Å². The van der Waals surface area contributed by atoms with Crippen LogP contribution in [0.1, 0.15) is 143 Å². The van der Waals surface area contributed by atoms with Crippen LogP contribution in [0.2, 0.25) is 0 Å². The fraction of sp³-hybridized carbons (Fsp3) is 0.857.